The molecule has 0 atom stereocenters. The van der Waals surface area contributed by atoms with Crippen LogP contribution < -0.4 is 20.2 Å². The number of nitrogens with one attached hydrogen (secondary N) is 2. The monoisotopic (exact) mass is 419 g/mol. The van der Waals surface area contributed by atoms with Crippen molar-refractivity contribution >= 4 is 34.8 Å². The molecular weight excluding hydrogens is 398 g/mol. The summed E-state index contributed by atoms with van der Waals surface area (Å²) in [7, 11) is 3.19. The summed E-state index contributed by atoms with van der Waals surface area (Å²) in [6.45, 7) is 4.07. The summed E-state index contributed by atoms with van der Waals surface area (Å²) in [4.78, 5) is 8.88. The topological polar surface area (TPSA) is 120 Å². The molecule has 0 radical (unpaired) electrons. The van der Waals surface area contributed by atoms with Gasteiger partial charge in [0.1, 0.15) is 11.5 Å². The first-order valence-corrected chi connectivity index (χ1v) is 9.43. The van der Waals surface area contributed by atoms with E-state index in [0.29, 0.717) is 28.8 Å². The standard InChI is InChI=1S/C21H21N7O3/c1-12-6-5-7-16(13(12)2)23-18-19(25-21-20(24-18)27-31-28-21)26-22-11-14-8-9-15(29-3)10-17(14)30-4/h5-11H,1-4H3,(H,23,24,27)(H,25,26,28)/b22-11-. The molecule has 2 aromatic heterocycles. The van der Waals surface area contributed by atoms with Gasteiger partial charge in [-0.2, -0.15) is 10.1 Å². The lowest BCUT2D eigenvalue weighted by Gasteiger charge is -2.13. The van der Waals surface area contributed by atoms with Crippen LogP contribution in [0, 0.1) is 13.8 Å². The van der Waals surface area contributed by atoms with Crippen LogP contribution in [0.1, 0.15) is 16.7 Å². The minimum absolute atomic E-state index is 0.270. The fourth-order valence-electron chi connectivity index (χ4n) is 2.91. The second kappa shape index (κ2) is 8.66. The summed E-state index contributed by atoms with van der Waals surface area (Å²) in [6.07, 6.45) is 1.62. The lowest BCUT2D eigenvalue weighted by atomic mass is 10.1. The van der Waals surface area contributed by atoms with Crippen LogP contribution in [0.25, 0.3) is 11.3 Å². The van der Waals surface area contributed by atoms with E-state index >= 15 is 0 Å². The lowest BCUT2D eigenvalue weighted by molar-refractivity contribution is 0.314. The molecule has 0 amide bonds. The molecule has 10 nitrogen and oxygen atoms in total. The third-order valence-corrected chi connectivity index (χ3v) is 4.79. The molecule has 4 rings (SSSR count). The van der Waals surface area contributed by atoms with Crippen molar-refractivity contribution in [3.8, 4) is 11.5 Å². The summed E-state index contributed by atoms with van der Waals surface area (Å²) < 4.78 is 15.4. The molecule has 2 aromatic carbocycles. The molecule has 4 aromatic rings. The van der Waals surface area contributed by atoms with E-state index in [1.54, 1.807) is 26.5 Å². The van der Waals surface area contributed by atoms with Crippen molar-refractivity contribution in [3.63, 3.8) is 0 Å². The van der Waals surface area contributed by atoms with Crippen molar-refractivity contribution in [1.29, 1.82) is 0 Å². The Hall–Kier alpha value is -4.21. The van der Waals surface area contributed by atoms with Crippen LogP contribution >= 0.6 is 0 Å². The highest BCUT2D eigenvalue weighted by Gasteiger charge is 2.14. The molecule has 0 saturated carbocycles. The summed E-state index contributed by atoms with van der Waals surface area (Å²) >= 11 is 0. The van der Waals surface area contributed by atoms with Crippen molar-refractivity contribution in [2.24, 2.45) is 5.10 Å². The van der Waals surface area contributed by atoms with Gasteiger partial charge in [-0.05, 0) is 53.5 Å². The van der Waals surface area contributed by atoms with Crippen molar-refractivity contribution in [3.05, 3.63) is 53.1 Å². The normalized spacial score (nSPS) is 11.1. The van der Waals surface area contributed by atoms with Crippen LogP contribution in [0.2, 0.25) is 0 Å². The Bertz CT molecular complexity index is 1250. The van der Waals surface area contributed by atoms with Crippen molar-refractivity contribution < 1.29 is 14.1 Å². The predicted molar refractivity (Wildman–Crippen MR) is 117 cm³/mol. The average molecular weight is 419 g/mol. The number of nitrogens with zero attached hydrogens (tertiary/aromatic N) is 5. The quantitative estimate of drug-likeness (QED) is 0.340. The second-order valence-electron chi connectivity index (χ2n) is 6.68. The van der Waals surface area contributed by atoms with Gasteiger partial charge in [-0.15, -0.1) is 0 Å². The molecule has 0 saturated heterocycles. The third-order valence-electron chi connectivity index (χ3n) is 4.79. The van der Waals surface area contributed by atoms with Crippen LogP contribution in [-0.2, 0) is 0 Å². The van der Waals surface area contributed by atoms with Crippen molar-refractivity contribution in [2.45, 2.75) is 13.8 Å². The summed E-state index contributed by atoms with van der Waals surface area (Å²) in [5.41, 5.74) is 7.39. The maximum atomic E-state index is 5.39. The zero-order valence-electron chi connectivity index (χ0n) is 17.5. The molecule has 0 aliphatic rings. The summed E-state index contributed by atoms with van der Waals surface area (Å²) in [5, 5.41) is 15.1. The molecule has 0 spiro atoms. The number of methoxy groups -OCH3 is 2. The Balaban J connectivity index is 1.65. The van der Waals surface area contributed by atoms with Crippen LogP contribution in [-0.4, -0.2) is 40.7 Å². The van der Waals surface area contributed by atoms with Gasteiger partial charge in [0, 0.05) is 17.3 Å². The highest BCUT2D eigenvalue weighted by atomic mass is 16.6. The van der Waals surface area contributed by atoms with Gasteiger partial charge in [-0.3, -0.25) is 5.43 Å². The number of hydrogen-bond acceptors (Lipinski definition) is 10. The van der Waals surface area contributed by atoms with E-state index in [-0.39, 0.29) is 5.65 Å². The van der Waals surface area contributed by atoms with E-state index in [1.807, 2.05) is 44.2 Å². The first kappa shape index (κ1) is 20.1. The molecule has 0 aliphatic carbocycles. The molecule has 0 bridgehead atoms. The molecule has 2 N–H and O–H groups in total. The molecule has 158 valence electrons. The van der Waals surface area contributed by atoms with Gasteiger partial charge in [0.05, 0.1) is 20.4 Å². The van der Waals surface area contributed by atoms with Gasteiger partial charge < -0.3 is 14.8 Å². The Kier molecular flexibility index (Phi) is 5.61. The van der Waals surface area contributed by atoms with Gasteiger partial charge in [0.2, 0.25) is 11.3 Å². The second-order valence-corrected chi connectivity index (χ2v) is 6.68. The summed E-state index contributed by atoms with van der Waals surface area (Å²) in [6, 6.07) is 11.4. The SMILES string of the molecule is COc1ccc(/C=N\Nc2nc3nonc3nc2Nc2cccc(C)c2C)c(OC)c1. The Morgan fingerprint density at radius 1 is 0.968 bits per heavy atom. The van der Waals surface area contributed by atoms with Crippen LogP contribution in [0.3, 0.4) is 0 Å². The molecule has 31 heavy (non-hydrogen) atoms. The number of rotatable bonds is 7. The minimum Gasteiger partial charge on any atom is -0.497 e. The van der Waals surface area contributed by atoms with Crippen molar-refractivity contribution in [1.82, 2.24) is 20.3 Å². The fourth-order valence-corrected chi connectivity index (χ4v) is 2.91. The highest BCUT2D eigenvalue weighted by Crippen LogP contribution is 2.27. The molecule has 0 unspecified atom stereocenters. The molecule has 0 aliphatic heterocycles. The van der Waals surface area contributed by atoms with Crippen LogP contribution in [0.5, 0.6) is 11.5 Å². The van der Waals surface area contributed by atoms with E-state index in [0.717, 1.165) is 22.4 Å². The van der Waals surface area contributed by atoms with E-state index in [9.17, 15) is 0 Å². The van der Waals surface area contributed by atoms with Crippen LogP contribution in [0.4, 0.5) is 17.3 Å². The number of aromatic nitrogens is 4. The first-order chi connectivity index (χ1) is 15.1. The number of hydrazone groups is 1. The number of benzene rings is 2. The fraction of sp³-hybridized carbons (Fsp3) is 0.190. The third kappa shape index (κ3) is 4.22. The van der Waals surface area contributed by atoms with E-state index < -0.39 is 0 Å². The van der Waals surface area contributed by atoms with Gasteiger partial charge in [-0.25, -0.2) is 9.61 Å². The van der Waals surface area contributed by atoms with E-state index in [1.165, 1.54) is 0 Å². The van der Waals surface area contributed by atoms with Gasteiger partial charge in [0.25, 0.3) is 0 Å². The molecular formula is C21H21N7O3. The average Bonchev–Trinajstić information content (AvgIpc) is 3.24. The van der Waals surface area contributed by atoms with E-state index in [2.05, 4.69) is 36.1 Å². The zero-order chi connectivity index (χ0) is 21.8. The first-order valence-electron chi connectivity index (χ1n) is 9.43. The summed E-state index contributed by atoms with van der Waals surface area (Å²) in [5.74, 6) is 2.13. The Morgan fingerprint density at radius 2 is 1.74 bits per heavy atom. The number of anilines is 3. The van der Waals surface area contributed by atoms with Gasteiger partial charge >= 0.3 is 0 Å². The maximum Gasteiger partial charge on any atom is 0.245 e. The minimum atomic E-state index is 0.270. The largest absolute Gasteiger partial charge is 0.497 e. The molecule has 2 heterocycles. The number of hydrogen-bond donors (Lipinski definition) is 2. The number of ether oxygens (including phenoxy) is 2. The highest BCUT2D eigenvalue weighted by molar-refractivity contribution is 5.85. The molecule has 0 fully saturated rings. The van der Waals surface area contributed by atoms with E-state index in [4.69, 9.17) is 14.1 Å². The predicted octanol–water partition coefficient (Wildman–Crippen LogP) is 3.84. The smallest absolute Gasteiger partial charge is 0.245 e. The van der Waals surface area contributed by atoms with Crippen LogP contribution in [0.15, 0.2) is 46.1 Å². The molecule has 10 heteroatoms. The van der Waals surface area contributed by atoms with Gasteiger partial charge in [0.15, 0.2) is 11.6 Å². The number of fused-ring (bicyclic) bond motifs is 1. The van der Waals surface area contributed by atoms with Gasteiger partial charge in [-0.1, -0.05) is 12.1 Å². The maximum absolute atomic E-state index is 5.39. The lowest BCUT2D eigenvalue weighted by Crippen LogP contribution is -2.04. The zero-order valence-corrected chi connectivity index (χ0v) is 17.5. The Morgan fingerprint density at radius 3 is 2.48 bits per heavy atom. The number of aryl methyl sites for hydroxylation is 1. The Labute approximate surface area is 178 Å². The van der Waals surface area contributed by atoms with Crippen molar-refractivity contribution in [2.75, 3.05) is 25.0 Å².